The van der Waals surface area contributed by atoms with E-state index in [1.807, 2.05) is 12.4 Å². The van der Waals surface area contributed by atoms with Gasteiger partial charge < -0.3 is 9.80 Å². The number of carbonyl (C=O) groups excluding carboxylic acids is 1. The molecular weight excluding hydrogens is 294 g/mol. The van der Waals surface area contributed by atoms with Gasteiger partial charge in [-0.2, -0.15) is 0 Å². The predicted molar refractivity (Wildman–Crippen MR) is 90.2 cm³/mol. The van der Waals surface area contributed by atoms with Crippen LogP contribution in [0.4, 0.5) is 0 Å². The lowest BCUT2D eigenvalue weighted by molar-refractivity contribution is -0.133. The van der Waals surface area contributed by atoms with Crippen LogP contribution in [0.3, 0.4) is 0 Å². The van der Waals surface area contributed by atoms with Crippen molar-refractivity contribution in [2.24, 2.45) is 5.92 Å². The summed E-state index contributed by atoms with van der Waals surface area (Å²) in [5, 5.41) is 0. The van der Waals surface area contributed by atoms with Crippen molar-refractivity contribution in [3.8, 4) is 0 Å². The smallest absolute Gasteiger partial charge is 0.222 e. The fourth-order valence-corrected chi connectivity index (χ4v) is 4.50. The molecule has 0 saturated carbocycles. The van der Waals surface area contributed by atoms with E-state index >= 15 is 0 Å². The molecule has 3 rings (SSSR count). The predicted octanol–water partition coefficient (Wildman–Crippen LogP) is 2.72. The molecule has 0 aromatic carbocycles. The lowest BCUT2D eigenvalue weighted by Gasteiger charge is -2.34. The molecule has 2 aliphatic rings. The summed E-state index contributed by atoms with van der Waals surface area (Å²) in [6, 6.07) is 0. The first kappa shape index (κ1) is 15.9. The zero-order valence-corrected chi connectivity index (χ0v) is 14.4. The maximum Gasteiger partial charge on any atom is 0.222 e. The van der Waals surface area contributed by atoms with Gasteiger partial charge in [0.2, 0.25) is 5.91 Å². The molecule has 2 saturated heterocycles. The van der Waals surface area contributed by atoms with Gasteiger partial charge in [0, 0.05) is 30.9 Å². The van der Waals surface area contributed by atoms with Crippen LogP contribution in [0, 0.1) is 12.8 Å². The lowest BCUT2D eigenvalue weighted by Crippen LogP contribution is -2.43. The minimum atomic E-state index is 0.332. The summed E-state index contributed by atoms with van der Waals surface area (Å²) in [5.74, 6) is 1.01. The first-order valence-corrected chi connectivity index (χ1v) is 9.49. The second kappa shape index (κ2) is 7.55. The Morgan fingerprint density at radius 1 is 1.32 bits per heavy atom. The number of likely N-dealkylation sites (tertiary alicyclic amines) is 2. The number of piperidine rings is 1. The van der Waals surface area contributed by atoms with Crippen LogP contribution >= 0.6 is 11.3 Å². The number of aromatic nitrogens is 1. The van der Waals surface area contributed by atoms with Gasteiger partial charge in [0.05, 0.1) is 11.2 Å². The Bertz CT molecular complexity index is 496. The normalized spacial score (nSPS) is 23.1. The van der Waals surface area contributed by atoms with Gasteiger partial charge in [-0.25, -0.2) is 4.98 Å². The zero-order chi connectivity index (χ0) is 15.4. The average molecular weight is 321 g/mol. The molecule has 0 spiro atoms. The van der Waals surface area contributed by atoms with Crippen molar-refractivity contribution in [2.45, 2.75) is 45.4 Å². The third-order valence-corrected chi connectivity index (χ3v) is 5.99. The SMILES string of the molecule is Cc1ncsc1CCC(=O)N1CCCC(CN2CCCC2)C1. The van der Waals surface area contributed by atoms with Crippen molar-refractivity contribution in [1.29, 1.82) is 0 Å². The highest BCUT2D eigenvalue weighted by atomic mass is 32.1. The maximum atomic E-state index is 12.5. The summed E-state index contributed by atoms with van der Waals surface area (Å²) in [4.78, 5) is 22.7. The molecule has 4 nitrogen and oxygen atoms in total. The van der Waals surface area contributed by atoms with Crippen molar-refractivity contribution in [1.82, 2.24) is 14.8 Å². The van der Waals surface area contributed by atoms with Gasteiger partial charge in [0.15, 0.2) is 0 Å². The molecule has 3 heterocycles. The highest BCUT2D eigenvalue weighted by Gasteiger charge is 2.26. The minimum absolute atomic E-state index is 0.332. The van der Waals surface area contributed by atoms with E-state index in [-0.39, 0.29) is 0 Å². The fourth-order valence-electron chi connectivity index (χ4n) is 3.72. The van der Waals surface area contributed by atoms with Crippen molar-refractivity contribution < 1.29 is 4.79 Å². The van der Waals surface area contributed by atoms with E-state index in [4.69, 9.17) is 0 Å². The average Bonchev–Trinajstić information content (AvgIpc) is 3.17. The van der Waals surface area contributed by atoms with Crippen LogP contribution in [-0.4, -0.2) is 53.4 Å². The van der Waals surface area contributed by atoms with Gasteiger partial charge in [0.25, 0.3) is 0 Å². The van der Waals surface area contributed by atoms with Gasteiger partial charge in [-0.3, -0.25) is 4.79 Å². The highest BCUT2D eigenvalue weighted by Crippen LogP contribution is 2.21. The van der Waals surface area contributed by atoms with E-state index in [9.17, 15) is 4.79 Å². The molecule has 1 aromatic rings. The van der Waals surface area contributed by atoms with Gasteiger partial charge in [-0.05, 0) is 58.0 Å². The number of hydrogen-bond donors (Lipinski definition) is 0. The van der Waals surface area contributed by atoms with Crippen molar-refractivity contribution in [3.63, 3.8) is 0 Å². The Hall–Kier alpha value is -0.940. The topological polar surface area (TPSA) is 36.4 Å². The Morgan fingerprint density at radius 2 is 2.14 bits per heavy atom. The number of rotatable bonds is 5. The van der Waals surface area contributed by atoms with Crippen molar-refractivity contribution in [2.75, 3.05) is 32.7 Å². The number of thiazole rings is 1. The molecule has 0 bridgehead atoms. The molecule has 122 valence electrons. The van der Waals surface area contributed by atoms with Gasteiger partial charge in [-0.15, -0.1) is 11.3 Å². The molecule has 0 aliphatic carbocycles. The van der Waals surface area contributed by atoms with E-state index in [0.29, 0.717) is 18.2 Å². The number of aryl methyl sites for hydroxylation is 2. The molecule has 5 heteroatoms. The van der Waals surface area contributed by atoms with Gasteiger partial charge in [0.1, 0.15) is 0 Å². The van der Waals surface area contributed by atoms with Gasteiger partial charge >= 0.3 is 0 Å². The summed E-state index contributed by atoms with van der Waals surface area (Å²) < 4.78 is 0. The summed E-state index contributed by atoms with van der Waals surface area (Å²) in [6.45, 7) is 7.67. The van der Waals surface area contributed by atoms with Crippen LogP contribution in [0.25, 0.3) is 0 Å². The Labute approximate surface area is 137 Å². The number of carbonyl (C=O) groups is 1. The molecular formula is C17H27N3OS. The first-order chi connectivity index (χ1) is 10.7. The van der Waals surface area contributed by atoms with E-state index in [2.05, 4.69) is 14.8 Å². The molecule has 22 heavy (non-hydrogen) atoms. The maximum absolute atomic E-state index is 12.5. The molecule has 1 aromatic heterocycles. The highest BCUT2D eigenvalue weighted by molar-refractivity contribution is 7.09. The second-order valence-electron chi connectivity index (χ2n) is 6.72. The summed E-state index contributed by atoms with van der Waals surface area (Å²) in [6.07, 6.45) is 6.65. The third-order valence-electron chi connectivity index (χ3n) is 5.00. The second-order valence-corrected chi connectivity index (χ2v) is 7.66. The molecule has 0 N–H and O–H groups in total. The van der Waals surface area contributed by atoms with Crippen LogP contribution in [0.1, 0.15) is 42.7 Å². The number of amides is 1. The van der Waals surface area contributed by atoms with E-state index < -0.39 is 0 Å². The molecule has 2 aliphatic heterocycles. The minimum Gasteiger partial charge on any atom is -0.342 e. The third kappa shape index (κ3) is 4.07. The molecule has 1 atom stereocenters. The molecule has 1 amide bonds. The largest absolute Gasteiger partial charge is 0.342 e. The van der Waals surface area contributed by atoms with Crippen LogP contribution in [0.5, 0.6) is 0 Å². The van der Waals surface area contributed by atoms with E-state index in [0.717, 1.165) is 25.2 Å². The van der Waals surface area contributed by atoms with Crippen molar-refractivity contribution in [3.05, 3.63) is 16.1 Å². The summed E-state index contributed by atoms with van der Waals surface area (Å²) in [5.41, 5.74) is 2.96. The van der Waals surface area contributed by atoms with Crippen LogP contribution < -0.4 is 0 Å². The number of nitrogens with zero attached hydrogens (tertiary/aromatic N) is 3. The molecule has 2 fully saturated rings. The quantitative estimate of drug-likeness (QED) is 0.837. The van der Waals surface area contributed by atoms with E-state index in [1.165, 1.54) is 50.2 Å². The zero-order valence-electron chi connectivity index (χ0n) is 13.6. The Morgan fingerprint density at radius 3 is 2.86 bits per heavy atom. The molecule has 0 radical (unpaired) electrons. The summed E-state index contributed by atoms with van der Waals surface area (Å²) in [7, 11) is 0. The summed E-state index contributed by atoms with van der Waals surface area (Å²) >= 11 is 1.67. The monoisotopic (exact) mass is 321 g/mol. The fraction of sp³-hybridized carbons (Fsp3) is 0.765. The van der Waals surface area contributed by atoms with Gasteiger partial charge in [-0.1, -0.05) is 0 Å². The van der Waals surface area contributed by atoms with Crippen LogP contribution in [0.2, 0.25) is 0 Å². The van der Waals surface area contributed by atoms with Crippen LogP contribution in [-0.2, 0) is 11.2 Å². The van der Waals surface area contributed by atoms with E-state index in [1.54, 1.807) is 11.3 Å². The Balaban J connectivity index is 1.46. The number of hydrogen-bond acceptors (Lipinski definition) is 4. The lowest BCUT2D eigenvalue weighted by atomic mass is 9.97. The molecule has 1 unspecified atom stereocenters. The standard InChI is InChI=1S/C17H27N3OS/c1-14-16(22-13-18-14)6-7-17(21)20-10-4-5-15(12-20)11-19-8-2-3-9-19/h13,15H,2-12H2,1H3. The van der Waals surface area contributed by atoms with Crippen molar-refractivity contribution >= 4 is 17.2 Å². The Kier molecular flexibility index (Phi) is 5.47. The van der Waals surface area contributed by atoms with Crippen LogP contribution in [0.15, 0.2) is 5.51 Å². The first-order valence-electron chi connectivity index (χ1n) is 8.61.